The molecule has 1 aromatic heterocycles. The highest BCUT2D eigenvalue weighted by Gasteiger charge is 2.22. The Morgan fingerprint density at radius 1 is 1.50 bits per heavy atom. The second-order valence-corrected chi connectivity index (χ2v) is 5.66. The van der Waals surface area contributed by atoms with Gasteiger partial charge in [0.2, 0.25) is 5.82 Å². The van der Waals surface area contributed by atoms with Gasteiger partial charge in [-0.05, 0) is 26.2 Å². The van der Waals surface area contributed by atoms with Gasteiger partial charge in [0.25, 0.3) is 0 Å². The van der Waals surface area contributed by atoms with E-state index in [1.165, 1.54) is 7.11 Å². The molecule has 1 rings (SSSR count). The molecule has 0 aliphatic heterocycles. The minimum Gasteiger partial charge on any atom is -0.463 e. The molecule has 0 fully saturated rings. The zero-order valence-corrected chi connectivity index (χ0v) is 12.7. The molecule has 0 aliphatic rings. The van der Waals surface area contributed by atoms with Crippen molar-refractivity contribution in [3.8, 4) is 0 Å². The molecule has 1 aromatic rings. The maximum Gasteiger partial charge on any atom is 0.376 e. The van der Waals surface area contributed by atoms with Crippen LogP contribution in [0.15, 0.2) is 6.07 Å². The molecule has 0 aromatic carbocycles. The molecule has 0 amide bonds. The maximum absolute atomic E-state index is 11.4. The number of aromatic nitrogens is 2. The van der Waals surface area contributed by atoms with Gasteiger partial charge in [-0.1, -0.05) is 13.8 Å². The summed E-state index contributed by atoms with van der Waals surface area (Å²) in [7, 11) is 1.29. The monoisotopic (exact) mass is 281 g/mol. The Hall–Kier alpha value is -1.69. The summed E-state index contributed by atoms with van der Waals surface area (Å²) >= 11 is 0. The first kappa shape index (κ1) is 16.4. The summed E-state index contributed by atoms with van der Waals surface area (Å²) in [5, 5.41) is 13.3. The lowest BCUT2D eigenvalue weighted by atomic mass is 9.94. The zero-order valence-electron chi connectivity index (χ0n) is 12.7. The van der Waals surface area contributed by atoms with Crippen LogP contribution in [0.1, 0.15) is 43.5 Å². The van der Waals surface area contributed by atoms with Crippen molar-refractivity contribution >= 4 is 11.8 Å². The lowest BCUT2D eigenvalue weighted by molar-refractivity contribution is 0.0514. The van der Waals surface area contributed by atoms with Gasteiger partial charge in [0.15, 0.2) is 0 Å². The average molecular weight is 281 g/mol. The van der Waals surface area contributed by atoms with Crippen molar-refractivity contribution in [2.45, 2.75) is 39.7 Å². The number of aryl methyl sites for hydroxylation is 1. The molecule has 0 spiro atoms. The fourth-order valence-electron chi connectivity index (χ4n) is 2.07. The number of anilines is 1. The van der Waals surface area contributed by atoms with Crippen molar-refractivity contribution in [3.05, 3.63) is 17.6 Å². The van der Waals surface area contributed by atoms with Gasteiger partial charge in [-0.25, -0.2) is 14.8 Å². The van der Waals surface area contributed by atoms with Crippen LogP contribution in [0.4, 0.5) is 5.82 Å². The summed E-state index contributed by atoms with van der Waals surface area (Å²) in [6, 6.07) is 1.72. The predicted molar refractivity (Wildman–Crippen MR) is 76.7 cm³/mol. The van der Waals surface area contributed by atoms with Gasteiger partial charge >= 0.3 is 5.97 Å². The summed E-state index contributed by atoms with van der Waals surface area (Å²) in [6.45, 7) is 8.00. The highest BCUT2D eigenvalue weighted by atomic mass is 16.5. The van der Waals surface area contributed by atoms with E-state index in [-0.39, 0.29) is 5.82 Å². The van der Waals surface area contributed by atoms with Crippen molar-refractivity contribution in [2.75, 3.05) is 19.0 Å². The third kappa shape index (κ3) is 5.13. The number of hydrogen-bond acceptors (Lipinski definition) is 6. The van der Waals surface area contributed by atoms with Crippen LogP contribution in [0, 0.1) is 12.8 Å². The molecular formula is C14H23N3O3. The van der Waals surface area contributed by atoms with Crippen LogP contribution in [0.2, 0.25) is 0 Å². The molecule has 0 saturated heterocycles. The first-order valence-corrected chi connectivity index (χ1v) is 6.64. The second kappa shape index (κ2) is 6.65. The molecule has 112 valence electrons. The van der Waals surface area contributed by atoms with Crippen LogP contribution in [-0.2, 0) is 4.74 Å². The normalized spacial score (nSPS) is 13.9. The Kier molecular flexibility index (Phi) is 5.44. The largest absolute Gasteiger partial charge is 0.463 e. The smallest absolute Gasteiger partial charge is 0.376 e. The van der Waals surface area contributed by atoms with Crippen molar-refractivity contribution in [2.24, 2.45) is 5.92 Å². The van der Waals surface area contributed by atoms with Crippen molar-refractivity contribution in [3.63, 3.8) is 0 Å². The number of ether oxygens (including phenoxy) is 1. The second-order valence-electron chi connectivity index (χ2n) is 5.66. The molecule has 6 nitrogen and oxygen atoms in total. The van der Waals surface area contributed by atoms with E-state index >= 15 is 0 Å². The van der Waals surface area contributed by atoms with E-state index in [1.54, 1.807) is 19.9 Å². The molecule has 1 atom stereocenters. The maximum atomic E-state index is 11.4. The van der Waals surface area contributed by atoms with Crippen LogP contribution in [-0.4, -0.2) is 40.3 Å². The van der Waals surface area contributed by atoms with E-state index in [0.717, 1.165) is 0 Å². The molecule has 0 saturated carbocycles. The van der Waals surface area contributed by atoms with Crippen LogP contribution < -0.4 is 5.32 Å². The highest BCUT2D eigenvalue weighted by molar-refractivity contribution is 5.85. The third-order valence-corrected chi connectivity index (χ3v) is 2.72. The SMILES string of the molecule is COC(=O)c1nc(C)cc(NCC(C)(O)CC(C)C)n1. The van der Waals surface area contributed by atoms with E-state index in [2.05, 4.69) is 33.9 Å². The summed E-state index contributed by atoms with van der Waals surface area (Å²) < 4.78 is 4.60. The van der Waals surface area contributed by atoms with Gasteiger partial charge < -0.3 is 15.2 Å². The molecule has 1 unspecified atom stereocenters. The lowest BCUT2D eigenvalue weighted by Crippen LogP contribution is -2.35. The quantitative estimate of drug-likeness (QED) is 0.773. The minimum absolute atomic E-state index is 0.0125. The number of methoxy groups -OCH3 is 1. The fraction of sp³-hybridized carbons (Fsp3) is 0.643. The van der Waals surface area contributed by atoms with Crippen LogP contribution in [0.25, 0.3) is 0 Å². The zero-order chi connectivity index (χ0) is 15.3. The summed E-state index contributed by atoms with van der Waals surface area (Å²) in [4.78, 5) is 19.5. The average Bonchev–Trinajstić information content (AvgIpc) is 2.33. The summed E-state index contributed by atoms with van der Waals surface area (Å²) in [5.74, 6) is 0.329. The number of esters is 1. The minimum atomic E-state index is -0.835. The van der Waals surface area contributed by atoms with E-state index in [0.29, 0.717) is 30.4 Å². The first-order chi connectivity index (χ1) is 9.23. The molecule has 6 heteroatoms. The van der Waals surface area contributed by atoms with E-state index < -0.39 is 11.6 Å². The Morgan fingerprint density at radius 2 is 2.15 bits per heavy atom. The Labute approximate surface area is 119 Å². The molecule has 0 radical (unpaired) electrons. The molecular weight excluding hydrogens is 258 g/mol. The van der Waals surface area contributed by atoms with Gasteiger partial charge in [0, 0.05) is 18.3 Å². The highest BCUT2D eigenvalue weighted by Crippen LogP contribution is 2.17. The molecule has 1 heterocycles. The Morgan fingerprint density at radius 3 is 2.70 bits per heavy atom. The number of aliphatic hydroxyl groups is 1. The number of nitrogens with one attached hydrogen (secondary N) is 1. The number of nitrogens with zero attached hydrogens (tertiary/aromatic N) is 2. The van der Waals surface area contributed by atoms with E-state index in [1.807, 2.05) is 0 Å². The van der Waals surface area contributed by atoms with Crippen molar-refractivity contribution in [1.29, 1.82) is 0 Å². The van der Waals surface area contributed by atoms with Crippen LogP contribution >= 0.6 is 0 Å². The van der Waals surface area contributed by atoms with Crippen molar-refractivity contribution < 1.29 is 14.6 Å². The van der Waals surface area contributed by atoms with Gasteiger partial charge in [0.05, 0.1) is 12.7 Å². The Bertz CT molecular complexity index is 473. The van der Waals surface area contributed by atoms with Crippen LogP contribution in [0.3, 0.4) is 0 Å². The fourth-order valence-corrected chi connectivity index (χ4v) is 2.07. The Balaban J connectivity index is 2.78. The topological polar surface area (TPSA) is 84.3 Å². The first-order valence-electron chi connectivity index (χ1n) is 6.64. The van der Waals surface area contributed by atoms with Gasteiger partial charge in [-0.2, -0.15) is 0 Å². The summed E-state index contributed by atoms with van der Waals surface area (Å²) in [5.41, 5.74) is -0.176. The van der Waals surface area contributed by atoms with E-state index in [4.69, 9.17) is 0 Å². The van der Waals surface area contributed by atoms with Gasteiger partial charge in [0.1, 0.15) is 5.82 Å². The number of carbonyl (C=O) groups is 1. The van der Waals surface area contributed by atoms with E-state index in [9.17, 15) is 9.90 Å². The third-order valence-electron chi connectivity index (χ3n) is 2.72. The summed E-state index contributed by atoms with van der Waals surface area (Å²) in [6.07, 6.45) is 0.675. The van der Waals surface area contributed by atoms with Crippen molar-refractivity contribution in [1.82, 2.24) is 9.97 Å². The van der Waals surface area contributed by atoms with Crippen LogP contribution in [0.5, 0.6) is 0 Å². The molecule has 0 bridgehead atoms. The van der Waals surface area contributed by atoms with Gasteiger partial charge in [-0.3, -0.25) is 0 Å². The lowest BCUT2D eigenvalue weighted by Gasteiger charge is -2.25. The predicted octanol–water partition coefficient (Wildman–Crippen LogP) is 1.78. The number of carbonyl (C=O) groups excluding carboxylic acids is 1. The standard InChI is InChI=1S/C14H23N3O3/c1-9(2)7-14(4,19)8-15-11-6-10(3)16-12(17-11)13(18)20-5/h6,9,19H,7-8H2,1-5H3,(H,15,16,17). The molecule has 0 aliphatic carbocycles. The number of hydrogen-bond donors (Lipinski definition) is 2. The molecule has 2 N–H and O–H groups in total. The molecule has 20 heavy (non-hydrogen) atoms. The van der Waals surface area contributed by atoms with Gasteiger partial charge in [-0.15, -0.1) is 0 Å². The number of rotatable bonds is 6.